The lowest BCUT2D eigenvalue weighted by Gasteiger charge is -2.07. The zero-order valence-electron chi connectivity index (χ0n) is 9.99. The Morgan fingerprint density at radius 3 is 2.78 bits per heavy atom. The quantitative estimate of drug-likeness (QED) is 0.921. The lowest BCUT2D eigenvalue weighted by Crippen LogP contribution is -2.11. The maximum atomic E-state index is 13.6. The van der Waals surface area contributed by atoms with Crippen molar-refractivity contribution in [1.82, 2.24) is 4.98 Å². The maximum absolute atomic E-state index is 13.6. The van der Waals surface area contributed by atoms with Gasteiger partial charge in [-0.2, -0.15) is 0 Å². The second-order valence-electron chi connectivity index (χ2n) is 4.04. The Labute approximate surface area is 108 Å². The minimum absolute atomic E-state index is 0.201. The van der Waals surface area contributed by atoms with Crippen LogP contribution in [-0.2, 0) is 0 Å². The SMILES string of the molecule is CCC(CN)c1nc(-c2ccc(F)cc2F)cs1. The first-order valence-electron chi connectivity index (χ1n) is 5.76. The van der Waals surface area contributed by atoms with Gasteiger partial charge in [0.15, 0.2) is 0 Å². The summed E-state index contributed by atoms with van der Waals surface area (Å²) in [6.45, 7) is 2.56. The van der Waals surface area contributed by atoms with Crippen LogP contribution in [0.1, 0.15) is 24.3 Å². The molecule has 0 amide bonds. The van der Waals surface area contributed by atoms with Crippen LogP contribution in [0.25, 0.3) is 11.3 Å². The zero-order chi connectivity index (χ0) is 13.1. The highest BCUT2D eigenvalue weighted by Gasteiger charge is 2.15. The number of thiazole rings is 1. The Bertz CT molecular complexity index is 536. The highest BCUT2D eigenvalue weighted by molar-refractivity contribution is 7.10. The number of rotatable bonds is 4. The minimum atomic E-state index is -0.590. The molecule has 1 aromatic carbocycles. The molecule has 0 aliphatic carbocycles. The molecule has 2 N–H and O–H groups in total. The van der Waals surface area contributed by atoms with Crippen LogP contribution in [0.3, 0.4) is 0 Å². The predicted octanol–water partition coefficient (Wildman–Crippen LogP) is 3.54. The lowest BCUT2D eigenvalue weighted by atomic mass is 10.1. The number of nitrogens with zero attached hydrogens (tertiary/aromatic N) is 1. The third-order valence-corrected chi connectivity index (χ3v) is 3.86. The molecule has 0 radical (unpaired) electrons. The van der Waals surface area contributed by atoms with Crippen LogP contribution in [0.5, 0.6) is 0 Å². The van der Waals surface area contributed by atoms with E-state index in [2.05, 4.69) is 4.98 Å². The molecule has 0 aliphatic heterocycles. The molecule has 0 fully saturated rings. The van der Waals surface area contributed by atoms with E-state index in [1.165, 1.54) is 23.5 Å². The van der Waals surface area contributed by atoms with Gasteiger partial charge in [0, 0.05) is 29.5 Å². The Kier molecular flexibility index (Phi) is 4.04. The highest BCUT2D eigenvalue weighted by Crippen LogP contribution is 2.29. The van der Waals surface area contributed by atoms with Crippen LogP contribution in [-0.4, -0.2) is 11.5 Å². The maximum Gasteiger partial charge on any atom is 0.135 e. The molecule has 1 heterocycles. The Morgan fingerprint density at radius 2 is 2.17 bits per heavy atom. The summed E-state index contributed by atoms with van der Waals surface area (Å²) in [7, 11) is 0. The first kappa shape index (κ1) is 13.1. The van der Waals surface area contributed by atoms with E-state index in [0.717, 1.165) is 17.5 Å². The van der Waals surface area contributed by atoms with Crippen LogP contribution in [0.2, 0.25) is 0 Å². The van der Waals surface area contributed by atoms with Crippen LogP contribution >= 0.6 is 11.3 Å². The number of benzene rings is 1. The van der Waals surface area contributed by atoms with E-state index in [9.17, 15) is 8.78 Å². The first-order valence-corrected chi connectivity index (χ1v) is 6.64. The second kappa shape index (κ2) is 5.54. The number of halogens is 2. The van der Waals surface area contributed by atoms with Crippen molar-refractivity contribution in [2.75, 3.05) is 6.54 Å². The fourth-order valence-corrected chi connectivity index (χ4v) is 2.76. The average molecular weight is 268 g/mol. The van der Waals surface area contributed by atoms with E-state index < -0.39 is 11.6 Å². The Morgan fingerprint density at radius 1 is 1.39 bits per heavy atom. The number of nitrogens with two attached hydrogens (primary N) is 1. The molecule has 5 heteroatoms. The molecule has 0 saturated carbocycles. The molecule has 2 aromatic rings. The molecule has 96 valence electrons. The Hall–Kier alpha value is -1.33. The van der Waals surface area contributed by atoms with E-state index in [4.69, 9.17) is 5.73 Å². The van der Waals surface area contributed by atoms with Gasteiger partial charge in [0.05, 0.1) is 10.7 Å². The van der Waals surface area contributed by atoms with Crippen molar-refractivity contribution >= 4 is 11.3 Å². The summed E-state index contributed by atoms with van der Waals surface area (Å²) < 4.78 is 26.4. The van der Waals surface area contributed by atoms with Gasteiger partial charge in [0.1, 0.15) is 11.6 Å². The third-order valence-electron chi connectivity index (χ3n) is 2.86. The summed E-state index contributed by atoms with van der Waals surface area (Å²) in [5.41, 5.74) is 6.52. The van der Waals surface area contributed by atoms with E-state index >= 15 is 0 Å². The molecule has 0 saturated heterocycles. The normalized spacial score (nSPS) is 12.7. The van der Waals surface area contributed by atoms with Crippen molar-refractivity contribution in [3.8, 4) is 11.3 Å². The van der Waals surface area contributed by atoms with Crippen molar-refractivity contribution in [1.29, 1.82) is 0 Å². The summed E-state index contributed by atoms with van der Waals surface area (Å²) in [6, 6.07) is 3.51. The van der Waals surface area contributed by atoms with Crippen molar-refractivity contribution in [3.63, 3.8) is 0 Å². The monoisotopic (exact) mass is 268 g/mol. The molecule has 0 bridgehead atoms. The van der Waals surface area contributed by atoms with Gasteiger partial charge in [0.2, 0.25) is 0 Å². The van der Waals surface area contributed by atoms with Crippen LogP contribution < -0.4 is 5.73 Å². The molecule has 1 atom stereocenters. The zero-order valence-corrected chi connectivity index (χ0v) is 10.8. The van der Waals surface area contributed by atoms with Crippen molar-refractivity contribution in [3.05, 3.63) is 40.2 Å². The second-order valence-corrected chi connectivity index (χ2v) is 4.93. The summed E-state index contributed by atoms with van der Waals surface area (Å²) in [5.74, 6) is -0.972. The first-order chi connectivity index (χ1) is 8.65. The van der Waals surface area contributed by atoms with Crippen molar-refractivity contribution in [2.24, 2.45) is 5.73 Å². The fraction of sp³-hybridized carbons (Fsp3) is 0.308. The summed E-state index contributed by atoms with van der Waals surface area (Å²) in [5, 5.41) is 2.68. The Balaban J connectivity index is 2.34. The summed E-state index contributed by atoms with van der Waals surface area (Å²) in [6.07, 6.45) is 0.898. The van der Waals surface area contributed by atoms with Crippen molar-refractivity contribution < 1.29 is 8.78 Å². The summed E-state index contributed by atoms with van der Waals surface area (Å²) >= 11 is 1.46. The van der Waals surface area contributed by atoms with E-state index in [-0.39, 0.29) is 5.92 Å². The van der Waals surface area contributed by atoms with Gasteiger partial charge in [-0.25, -0.2) is 13.8 Å². The van der Waals surface area contributed by atoms with Crippen LogP contribution in [0.15, 0.2) is 23.6 Å². The van der Waals surface area contributed by atoms with E-state index in [1.54, 1.807) is 5.38 Å². The number of aromatic nitrogens is 1. The van der Waals surface area contributed by atoms with Gasteiger partial charge in [0.25, 0.3) is 0 Å². The molecule has 1 aromatic heterocycles. The van der Waals surface area contributed by atoms with Gasteiger partial charge in [-0.3, -0.25) is 0 Å². The molecule has 2 rings (SSSR count). The van der Waals surface area contributed by atoms with Gasteiger partial charge in [-0.1, -0.05) is 6.92 Å². The van der Waals surface area contributed by atoms with Crippen molar-refractivity contribution in [2.45, 2.75) is 19.3 Å². The van der Waals surface area contributed by atoms with E-state index in [1.807, 2.05) is 6.92 Å². The largest absolute Gasteiger partial charge is 0.330 e. The average Bonchev–Trinajstić information content (AvgIpc) is 2.80. The number of hydrogen-bond donors (Lipinski definition) is 1. The van der Waals surface area contributed by atoms with Crippen LogP contribution in [0.4, 0.5) is 8.78 Å². The third kappa shape index (κ3) is 2.57. The summed E-state index contributed by atoms with van der Waals surface area (Å²) in [4.78, 5) is 4.39. The predicted molar refractivity (Wildman–Crippen MR) is 69.6 cm³/mol. The lowest BCUT2D eigenvalue weighted by molar-refractivity contribution is 0.585. The standard InChI is InChI=1S/C13H14F2N2S/c1-2-8(6-16)13-17-12(7-18-13)10-4-3-9(14)5-11(10)15/h3-5,7-8H,2,6,16H2,1H3. The number of hydrogen-bond acceptors (Lipinski definition) is 3. The van der Waals surface area contributed by atoms with Gasteiger partial charge < -0.3 is 5.73 Å². The molecule has 1 unspecified atom stereocenters. The topological polar surface area (TPSA) is 38.9 Å². The van der Waals surface area contributed by atoms with Gasteiger partial charge in [-0.15, -0.1) is 11.3 Å². The molecule has 0 aliphatic rings. The van der Waals surface area contributed by atoms with Gasteiger partial charge >= 0.3 is 0 Å². The molecule has 18 heavy (non-hydrogen) atoms. The molecular formula is C13H14F2N2S. The minimum Gasteiger partial charge on any atom is -0.330 e. The molecular weight excluding hydrogens is 254 g/mol. The molecule has 0 spiro atoms. The van der Waals surface area contributed by atoms with Crippen LogP contribution in [0, 0.1) is 11.6 Å². The fourth-order valence-electron chi connectivity index (χ4n) is 1.74. The highest BCUT2D eigenvalue weighted by atomic mass is 32.1. The van der Waals surface area contributed by atoms with Gasteiger partial charge in [-0.05, 0) is 18.6 Å². The molecule has 2 nitrogen and oxygen atoms in total. The smallest absolute Gasteiger partial charge is 0.135 e. The van der Waals surface area contributed by atoms with E-state index in [0.29, 0.717) is 17.8 Å².